The predicted octanol–water partition coefficient (Wildman–Crippen LogP) is 3.06. The first-order valence-corrected chi connectivity index (χ1v) is 11.8. The lowest BCUT2D eigenvalue weighted by molar-refractivity contribution is -0.139. The Hall–Kier alpha value is -2.61. The first-order valence-electron chi connectivity index (χ1n) is 10.3. The molecule has 7 nitrogen and oxygen atoms in total. The maximum absolute atomic E-state index is 13.2. The van der Waals surface area contributed by atoms with Gasteiger partial charge in [-0.05, 0) is 44.0 Å². The smallest absolute Gasteiger partial charge is 0.309 e. The molecule has 1 aliphatic carbocycles. The fourth-order valence-electron chi connectivity index (χ4n) is 3.67. The second kappa shape index (κ2) is 9.93. The van der Waals surface area contributed by atoms with Gasteiger partial charge in [0.25, 0.3) is 0 Å². The molecule has 2 aromatic rings. The lowest BCUT2D eigenvalue weighted by atomic mass is 10.1. The summed E-state index contributed by atoms with van der Waals surface area (Å²) in [6, 6.07) is 9.61. The van der Waals surface area contributed by atoms with E-state index in [0.29, 0.717) is 0 Å². The summed E-state index contributed by atoms with van der Waals surface area (Å²) in [5.41, 5.74) is 0.937. The third-order valence-electron chi connectivity index (χ3n) is 5.43. The van der Waals surface area contributed by atoms with Gasteiger partial charge in [-0.15, -0.1) is 0 Å². The van der Waals surface area contributed by atoms with E-state index in [4.69, 9.17) is 4.42 Å². The quantitative estimate of drug-likeness (QED) is 0.539. The normalized spacial score (nSPS) is 16.4. The highest BCUT2D eigenvalue weighted by Crippen LogP contribution is 2.29. The van der Waals surface area contributed by atoms with E-state index < -0.39 is 26.9 Å². The fraction of sp³-hybridized carbons (Fsp3) is 0.455. The van der Waals surface area contributed by atoms with E-state index in [1.807, 2.05) is 6.92 Å². The van der Waals surface area contributed by atoms with Crippen LogP contribution in [0, 0.1) is 6.92 Å². The van der Waals surface area contributed by atoms with Crippen LogP contribution in [-0.4, -0.2) is 32.8 Å². The van der Waals surface area contributed by atoms with Crippen LogP contribution in [0.1, 0.15) is 55.1 Å². The van der Waals surface area contributed by atoms with Crippen molar-refractivity contribution in [3.05, 3.63) is 54.0 Å². The van der Waals surface area contributed by atoms with Crippen molar-refractivity contribution in [2.45, 2.75) is 61.6 Å². The van der Waals surface area contributed by atoms with E-state index in [2.05, 4.69) is 10.6 Å². The average Bonchev–Trinajstić information content (AvgIpc) is 3.12. The Morgan fingerprint density at radius 3 is 2.30 bits per heavy atom. The average molecular weight is 433 g/mol. The Morgan fingerprint density at radius 2 is 1.70 bits per heavy atom. The Bertz CT molecular complexity index is 944. The molecule has 2 amide bonds. The first kappa shape index (κ1) is 22.1. The molecule has 30 heavy (non-hydrogen) atoms. The van der Waals surface area contributed by atoms with Crippen LogP contribution < -0.4 is 10.6 Å². The van der Waals surface area contributed by atoms with E-state index >= 15 is 0 Å². The highest BCUT2D eigenvalue weighted by Gasteiger charge is 2.32. The van der Waals surface area contributed by atoms with Crippen molar-refractivity contribution in [1.82, 2.24) is 10.6 Å². The molecule has 0 bridgehead atoms. The highest BCUT2D eigenvalue weighted by molar-refractivity contribution is 7.91. The zero-order valence-electron chi connectivity index (χ0n) is 17.1. The number of hydrogen-bond donors (Lipinski definition) is 2. The van der Waals surface area contributed by atoms with E-state index in [1.54, 1.807) is 24.3 Å². The van der Waals surface area contributed by atoms with Gasteiger partial charge in [-0.2, -0.15) is 0 Å². The van der Waals surface area contributed by atoms with Crippen molar-refractivity contribution in [1.29, 1.82) is 0 Å². The Kier molecular flexibility index (Phi) is 7.31. The van der Waals surface area contributed by atoms with Crippen molar-refractivity contribution in [3.8, 4) is 0 Å². The van der Waals surface area contributed by atoms with Crippen LogP contribution in [0.25, 0.3) is 0 Å². The topological polar surface area (TPSA) is 105 Å². The van der Waals surface area contributed by atoms with Gasteiger partial charge in [0, 0.05) is 12.6 Å². The maximum atomic E-state index is 13.2. The molecule has 1 heterocycles. The molecule has 2 N–H and O–H groups in total. The summed E-state index contributed by atoms with van der Waals surface area (Å²) in [4.78, 5) is 24.8. The van der Waals surface area contributed by atoms with E-state index in [1.165, 1.54) is 18.4 Å². The molecule has 1 fully saturated rings. The van der Waals surface area contributed by atoms with Crippen molar-refractivity contribution < 1.29 is 22.4 Å². The molecule has 0 saturated heterocycles. The van der Waals surface area contributed by atoms with Crippen molar-refractivity contribution in [2.24, 2.45) is 0 Å². The SMILES string of the molecule is Cc1ccc(S(=O)(=O)[C@@H](CNC(=O)C(=O)NC2CCCCCC2)c2ccco2)cc1. The number of carbonyl (C=O) groups excluding carboxylic acids is 2. The van der Waals surface area contributed by atoms with Gasteiger partial charge in [-0.1, -0.05) is 43.4 Å². The summed E-state index contributed by atoms with van der Waals surface area (Å²) in [5, 5.41) is 4.11. The Morgan fingerprint density at radius 1 is 1.03 bits per heavy atom. The van der Waals surface area contributed by atoms with Crippen molar-refractivity contribution in [3.63, 3.8) is 0 Å². The number of aryl methyl sites for hydroxylation is 1. The van der Waals surface area contributed by atoms with E-state index in [9.17, 15) is 18.0 Å². The largest absolute Gasteiger partial charge is 0.468 e. The zero-order valence-corrected chi connectivity index (χ0v) is 17.9. The molecule has 0 spiro atoms. The summed E-state index contributed by atoms with van der Waals surface area (Å²) in [6.07, 6.45) is 7.43. The summed E-state index contributed by atoms with van der Waals surface area (Å²) >= 11 is 0. The standard InChI is InChI=1S/C22H28N2O5S/c1-16-10-12-18(13-11-16)30(27,28)20(19-9-6-14-29-19)15-23-21(25)22(26)24-17-7-4-2-3-5-8-17/h6,9-14,17,20H,2-5,7-8,15H2,1H3,(H,23,25)(H,24,26)/t20-/m0/s1. The number of nitrogens with one attached hydrogen (secondary N) is 2. The highest BCUT2D eigenvalue weighted by atomic mass is 32.2. The molecular formula is C22H28N2O5S. The number of sulfone groups is 1. The Balaban J connectivity index is 1.69. The molecular weight excluding hydrogens is 404 g/mol. The van der Waals surface area contributed by atoms with Gasteiger partial charge in [-0.3, -0.25) is 9.59 Å². The molecule has 3 rings (SSSR count). The summed E-state index contributed by atoms with van der Waals surface area (Å²) in [7, 11) is -3.83. The van der Waals surface area contributed by atoms with Crippen LogP contribution in [0.15, 0.2) is 52.0 Å². The van der Waals surface area contributed by atoms with Crippen molar-refractivity contribution >= 4 is 21.7 Å². The molecule has 162 valence electrons. The molecule has 1 aliphatic rings. The van der Waals surface area contributed by atoms with Gasteiger partial charge in [0.15, 0.2) is 9.84 Å². The summed E-state index contributed by atoms with van der Waals surface area (Å²) in [6.45, 7) is 1.61. The van der Waals surface area contributed by atoms with Gasteiger partial charge in [0.1, 0.15) is 11.0 Å². The number of hydrogen-bond acceptors (Lipinski definition) is 5. The van der Waals surface area contributed by atoms with Gasteiger partial charge >= 0.3 is 11.8 Å². The Labute approximate surface area is 177 Å². The number of furan rings is 1. The number of amides is 2. The number of benzene rings is 1. The number of carbonyl (C=O) groups is 2. The van der Waals surface area contributed by atoms with Crippen LogP contribution in [0.4, 0.5) is 0 Å². The van der Waals surface area contributed by atoms with Gasteiger partial charge in [-0.25, -0.2) is 8.42 Å². The predicted molar refractivity (Wildman–Crippen MR) is 112 cm³/mol. The minimum Gasteiger partial charge on any atom is -0.468 e. The molecule has 1 saturated carbocycles. The zero-order chi connectivity index (χ0) is 21.6. The van der Waals surface area contributed by atoms with E-state index in [0.717, 1.165) is 44.1 Å². The van der Waals surface area contributed by atoms with Crippen LogP contribution in [-0.2, 0) is 19.4 Å². The van der Waals surface area contributed by atoms with Crippen LogP contribution in [0.2, 0.25) is 0 Å². The van der Waals surface area contributed by atoms with Gasteiger partial charge in [0.05, 0.1) is 11.2 Å². The van der Waals surface area contributed by atoms with Crippen LogP contribution in [0.5, 0.6) is 0 Å². The van der Waals surface area contributed by atoms with Gasteiger partial charge < -0.3 is 15.1 Å². The lowest BCUT2D eigenvalue weighted by Gasteiger charge is -2.18. The molecule has 8 heteroatoms. The minimum atomic E-state index is -3.83. The second-order valence-corrected chi connectivity index (χ2v) is 9.86. The maximum Gasteiger partial charge on any atom is 0.309 e. The summed E-state index contributed by atoms with van der Waals surface area (Å²) < 4.78 is 31.7. The first-order chi connectivity index (χ1) is 14.4. The monoisotopic (exact) mass is 432 g/mol. The molecule has 1 aromatic heterocycles. The lowest BCUT2D eigenvalue weighted by Crippen LogP contribution is -2.45. The van der Waals surface area contributed by atoms with Gasteiger partial charge in [0.2, 0.25) is 0 Å². The third-order valence-corrected chi connectivity index (χ3v) is 7.51. The summed E-state index contributed by atoms with van der Waals surface area (Å²) in [5.74, 6) is -1.36. The van der Waals surface area contributed by atoms with Crippen LogP contribution >= 0.6 is 0 Å². The molecule has 1 aromatic carbocycles. The molecule has 1 atom stereocenters. The fourth-order valence-corrected chi connectivity index (χ4v) is 5.26. The third kappa shape index (κ3) is 5.50. The molecule has 0 unspecified atom stereocenters. The van der Waals surface area contributed by atoms with Crippen molar-refractivity contribution in [2.75, 3.05) is 6.54 Å². The molecule has 0 aliphatic heterocycles. The minimum absolute atomic E-state index is 0.0112. The second-order valence-electron chi connectivity index (χ2n) is 7.73. The molecule has 0 radical (unpaired) electrons. The van der Waals surface area contributed by atoms with E-state index in [-0.39, 0.29) is 23.2 Å². The number of rotatable bonds is 6. The van der Waals surface area contributed by atoms with Crippen LogP contribution in [0.3, 0.4) is 0 Å².